The van der Waals surface area contributed by atoms with Gasteiger partial charge in [-0.1, -0.05) is 42.5 Å². The number of nitrogens with zero attached hydrogens (tertiary/aromatic N) is 1. The van der Waals surface area contributed by atoms with Crippen LogP contribution in [0.5, 0.6) is 0 Å². The van der Waals surface area contributed by atoms with Crippen molar-refractivity contribution < 1.29 is 9.18 Å². The Morgan fingerprint density at radius 1 is 1.08 bits per heavy atom. The van der Waals surface area contributed by atoms with Gasteiger partial charge in [0.15, 0.2) is 0 Å². The van der Waals surface area contributed by atoms with E-state index in [2.05, 4.69) is 6.07 Å². The van der Waals surface area contributed by atoms with Crippen LogP contribution in [-0.4, -0.2) is 10.5 Å². The van der Waals surface area contributed by atoms with Crippen LogP contribution in [0.3, 0.4) is 0 Å². The molecule has 2 N–H and O–H groups in total. The summed E-state index contributed by atoms with van der Waals surface area (Å²) in [5.41, 5.74) is 8.15. The van der Waals surface area contributed by atoms with E-state index in [4.69, 9.17) is 5.73 Å². The fourth-order valence-electron chi connectivity index (χ4n) is 3.20. The number of hydrogen-bond acceptors (Lipinski definition) is 1. The summed E-state index contributed by atoms with van der Waals surface area (Å²) in [6, 6.07) is 21.1. The lowest BCUT2D eigenvalue weighted by Gasteiger charge is -2.08. The quantitative estimate of drug-likeness (QED) is 0.612. The zero-order valence-electron chi connectivity index (χ0n) is 12.8. The Bertz CT molecular complexity index is 1070. The summed E-state index contributed by atoms with van der Waals surface area (Å²) < 4.78 is 16.4. The van der Waals surface area contributed by atoms with Gasteiger partial charge >= 0.3 is 0 Å². The number of carbonyl (C=O) groups excluding carboxylic acids is 1. The van der Waals surface area contributed by atoms with Gasteiger partial charge in [-0.05, 0) is 29.8 Å². The van der Waals surface area contributed by atoms with E-state index in [0.29, 0.717) is 28.4 Å². The van der Waals surface area contributed by atoms with Crippen molar-refractivity contribution in [1.29, 1.82) is 0 Å². The molecule has 0 bridgehead atoms. The SMILES string of the molecule is NC(=O)c1cccc2c1c1[c]ccc(F)c1n2Cc1ccccc1. The molecule has 0 unspecified atom stereocenters. The molecule has 0 atom stereocenters. The molecule has 0 aliphatic rings. The highest BCUT2D eigenvalue weighted by molar-refractivity contribution is 6.17. The average molecular weight is 317 g/mol. The van der Waals surface area contributed by atoms with Crippen molar-refractivity contribution >= 4 is 27.7 Å². The van der Waals surface area contributed by atoms with Gasteiger partial charge in [0.05, 0.1) is 11.0 Å². The molecule has 4 heteroatoms. The van der Waals surface area contributed by atoms with Crippen LogP contribution in [0.1, 0.15) is 15.9 Å². The number of aromatic nitrogens is 1. The topological polar surface area (TPSA) is 48.0 Å². The molecule has 0 fully saturated rings. The zero-order chi connectivity index (χ0) is 16.7. The minimum Gasteiger partial charge on any atom is -0.366 e. The van der Waals surface area contributed by atoms with Crippen LogP contribution in [0.15, 0.2) is 60.7 Å². The van der Waals surface area contributed by atoms with E-state index in [-0.39, 0.29) is 5.82 Å². The van der Waals surface area contributed by atoms with Crippen LogP contribution >= 0.6 is 0 Å². The van der Waals surface area contributed by atoms with Gasteiger partial charge in [-0.25, -0.2) is 4.39 Å². The summed E-state index contributed by atoms with van der Waals surface area (Å²) in [6.45, 7) is 0.498. The van der Waals surface area contributed by atoms with E-state index in [1.54, 1.807) is 12.1 Å². The molecule has 1 aromatic heterocycles. The molecule has 0 saturated heterocycles. The fourth-order valence-corrected chi connectivity index (χ4v) is 3.20. The molecule has 117 valence electrons. The minimum absolute atomic E-state index is 0.341. The molecule has 1 heterocycles. The predicted molar refractivity (Wildman–Crippen MR) is 92.3 cm³/mol. The Kier molecular flexibility index (Phi) is 3.31. The van der Waals surface area contributed by atoms with Crippen molar-refractivity contribution in [1.82, 2.24) is 4.57 Å². The first-order chi connectivity index (χ1) is 11.7. The molecule has 0 aliphatic carbocycles. The molecule has 0 spiro atoms. The van der Waals surface area contributed by atoms with E-state index < -0.39 is 5.91 Å². The third-order valence-electron chi connectivity index (χ3n) is 4.22. The highest BCUT2D eigenvalue weighted by Gasteiger charge is 2.18. The number of hydrogen-bond donors (Lipinski definition) is 1. The Hall–Kier alpha value is -3.14. The van der Waals surface area contributed by atoms with Gasteiger partial charge < -0.3 is 10.3 Å². The Labute approximate surface area is 138 Å². The second-order valence-electron chi connectivity index (χ2n) is 5.68. The van der Waals surface area contributed by atoms with Crippen LogP contribution in [0.4, 0.5) is 4.39 Å². The van der Waals surface area contributed by atoms with E-state index >= 15 is 0 Å². The number of halogens is 1. The largest absolute Gasteiger partial charge is 0.366 e. The van der Waals surface area contributed by atoms with E-state index in [1.165, 1.54) is 12.1 Å². The summed E-state index contributed by atoms with van der Waals surface area (Å²) in [5, 5.41) is 1.23. The number of amides is 1. The molecule has 4 rings (SSSR count). The van der Waals surface area contributed by atoms with Crippen molar-refractivity contribution in [2.75, 3.05) is 0 Å². The van der Waals surface area contributed by atoms with Crippen LogP contribution in [0, 0.1) is 11.9 Å². The van der Waals surface area contributed by atoms with Crippen LogP contribution in [-0.2, 0) is 6.54 Å². The summed E-state index contributed by atoms with van der Waals surface area (Å²) in [4.78, 5) is 11.8. The average Bonchev–Trinajstić information content (AvgIpc) is 2.91. The highest BCUT2D eigenvalue weighted by atomic mass is 19.1. The molecule has 1 amide bonds. The second-order valence-corrected chi connectivity index (χ2v) is 5.68. The van der Waals surface area contributed by atoms with Crippen LogP contribution in [0.25, 0.3) is 21.8 Å². The van der Waals surface area contributed by atoms with Crippen molar-refractivity contribution in [3.8, 4) is 0 Å². The molecule has 0 saturated carbocycles. The number of nitrogens with two attached hydrogens (primary N) is 1. The Morgan fingerprint density at radius 3 is 2.62 bits per heavy atom. The second kappa shape index (κ2) is 5.49. The van der Waals surface area contributed by atoms with Gasteiger partial charge in [0, 0.05) is 22.9 Å². The smallest absolute Gasteiger partial charge is 0.249 e. The maximum atomic E-state index is 14.6. The van der Waals surface area contributed by atoms with E-state index in [0.717, 1.165) is 11.1 Å². The van der Waals surface area contributed by atoms with Gasteiger partial charge in [-0.2, -0.15) is 0 Å². The predicted octanol–water partition coefficient (Wildman–Crippen LogP) is 3.88. The number of carbonyl (C=O) groups is 1. The molecule has 1 radical (unpaired) electrons. The monoisotopic (exact) mass is 317 g/mol. The van der Waals surface area contributed by atoms with Gasteiger partial charge in [0.1, 0.15) is 5.82 Å². The maximum Gasteiger partial charge on any atom is 0.249 e. The third kappa shape index (κ3) is 2.15. The maximum absolute atomic E-state index is 14.6. The Morgan fingerprint density at radius 2 is 1.88 bits per heavy atom. The van der Waals surface area contributed by atoms with Gasteiger partial charge in [-0.15, -0.1) is 0 Å². The van der Waals surface area contributed by atoms with Gasteiger partial charge in [0.25, 0.3) is 0 Å². The molecule has 4 aromatic rings. The summed E-state index contributed by atoms with van der Waals surface area (Å²) in [5.74, 6) is -0.872. The summed E-state index contributed by atoms with van der Waals surface area (Å²) >= 11 is 0. The summed E-state index contributed by atoms with van der Waals surface area (Å²) in [7, 11) is 0. The zero-order valence-corrected chi connectivity index (χ0v) is 12.8. The first-order valence-electron chi connectivity index (χ1n) is 7.61. The number of rotatable bonds is 3. The molecular weight excluding hydrogens is 303 g/mol. The summed E-state index contributed by atoms with van der Waals surface area (Å²) in [6.07, 6.45) is 0. The first kappa shape index (κ1) is 14.5. The van der Waals surface area contributed by atoms with Crippen LogP contribution in [0.2, 0.25) is 0 Å². The lowest BCUT2D eigenvalue weighted by Crippen LogP contribution is -2.11. The standard InChI is InChI=1S/C20H14FN2O/c21-16-10-4-8-14-18-15(20(22)24)9-5-11-17(18)23(19(14)16)12-13-6-2-1-3-7-13/h1-7,9-11H,12H2,(H2,22,24). The molecule has 3 nitrogen and oxygen atoms in total. The van der Waals surface area contributed by atoms with E-state index in [9.17, 15) is 9.18 Å². The first-order valence-corrected chi connectivity index (χ1v) is 7.61. The third-order valence-corrected chi connectivity index (χ3v) is 4.22. The van der Waals surface area contributed by atoms with E-state index in [1.807, 2.05) is 41.0 Å². The molecule has 24 heavy (non-hydrogen) atoms. The van der Waals surface area contributed by atoms with Crippen LogP contribution < -0.4 is 5.73 Å². The number of fused-ring (bicyclic) bond motifs is 3. The Balaban J connectivity index is 2.10. The normalized spacial score (nSPS) is 11.2. The fraction of sp³-hybridized carbons (Fsp3) is 0.0500. The highest BCUT2D eigenvalue weighted by Crippen LogP contribution is 2.33. The van der Waals surface area contributed by atoms with Crippen molar-refractivity contribution in [2.45, 2.75) is 6.54 Å². The van der Waals surface area contributed by atoms with Gasteiger partial charge in [0.2, 0.25) is 5.91 Å². The van der Waals surface area contributed by atoms with Crippen molar-refractivity contribution in [3.05, 3.63) is 83.7 Å². The van der Waals surface area contributed by atoms with Gasteiger partial charge in [-0.3, -0.25) is 4.79 Å². The number of primary amides is 1. The lowest BCUT2D eigenvalue weighted by atomic mass is 10.1. The number of benzene rings is 3. The van der Waals surface area contributed by atoms with Crippen molar-refractivity contribution in [2.24, 2.45) is 5.73 Å². The molecule has 0 aliphatic heterocycles. The lowest BCUT2D eigenvalue weighted by molar-refractivity contribution is 0.100. The molecule has 3 aromatic carbocycles. The minimum atomic E-state index is -0.531. The van der Waals surface area contributed by atoms with Crippen molar-refractivity contribution in [3.63, 3.8) is 0 Å². The molecular formula is C20H14FN2O.